The molecule has 2 rings (SSSR count). The quantitative estimate of drug-likeness (QED) is 0.654. The number of nitrogens with zero attached hydrogens (tertiary/aromatic N) is 1. The van der Waals surface area contributed by atoms with E-state index in [9.17, 15) is 0 Å². The monoisotopic (exact) mass is 285 g/mol. The van der Waals surface area contributed by atoms with Crippen LogP contribution in [0.4, 0.5) is 5.69 Å². The fourth-order valence-electron chi connectivity index (χ4n) is 1.87. The zero-order valence-electron chi connectivity index (χ0n) is 12.2. The van der Waals surface area contributed by atoms with Crippen LogP contribution in [-0.2, 0) is 6.54 Å². The van der Waals surface area contributed by atoms with Gasteiger partial charge in [-0.15, -0.1) is 0 Å². The van der Waals surface area contributed by atoms with Crippen LogP contribution in [0.5, 0.6) is 11.5 Å². The van der Waals surface area contributed by atoms with Crippen molar-refractivity contribution in [3.05, 3.63) is 54.1 Å². The number of hydrogen-bond donors (Lipinski definition) is 2. The largest absolute Gasteiger partial charge is 0.497 e. The van der Waals surface area contributed by atoms with Gasteiger partial charge in [0.2, 0.25) is 0 Å². The molecule has 0 aromatic heterocycles. The second-order valence-electron chi connectivity index (χ2n) is 4.37. The molecule has 0 saturated heterocycles. The lowest BCUT2D eigenvalue weighted by Gasteiger charge is -2.08. The Morgan fingerprint density at radius 2 is 1.76 bits per heavy atom. The van der Waals surface area contributed by atoms with Gasteiger partial charge in [0.15, 0.2) is 5.96 Å². The predicted octanol–water partition coefficient (Wildman–Crippen LogP) is 2.63. The molecule has 0 heterocycles. The molecule has 0 aliphatic rings. The Morgan fingerprint density at radius 1 is 1.05 bits per heavy atom. The number of benzene rings is 2. The zero-order chi connectivity index (χ0) is 15.1. The van der Waals surface area contributed by atoms with Crippen molar-refractivity contribution in [2.24, 2.45) is 10.7 Å². The van der Waals surface area contributed by atoms with Gasteiger partial charge >= 0.3 is 0 Å². The van der Waals surface area contributed by atoms with Gasteiger partial charge in [-0.05, 0) is 30.3 Å². The van der Waals surface area contributed by atoms with E-state index < -0.39 is 0 Å². The van der Waals surface area contributed by atoms with Crippen LogP contribution < -0.4 is 20.5 Å². The van der Waals surface area contributed by atoms with Gasteiger partial charge in [-0.25, -0.2) is 4.99 Å². The predicted molar refractivity (Wildman–Crippen MR) is 84.9 cm³/mol. The van der Waals surface area contributed by atoms with Gasteiger partial charge in [-0.2, -0.15) is 0 Å². The summed E-state index contributed by atoms with van der Waals surface area (Å²) < 4.78 is 10.4. The summed E-state index contributed by atoms with van der Waals surface area (Å²) in [7, 11) is 3.27. The Labute approximate surface area is 124 Å². The molecule has 0 aliphatic heterocycles. The fraction of sp³-hybridized carbons (Fsp3) is 0.188. The minimum atomic E-state index is 0.353. The van der Waals surface area contributed by atoms with Crippen LogP contribution in [0.2, 0.25) is 0 Å². The van der Waals surface area contributed by atoms with Crippen LogP contribution in [0.1, 0.15) is 5.56 Å². The van der Waals surface area contributed by atoms with E-state index in [1.54, 1.807) is 14.2 Å². The molecule has 3 N–H and O–H groups in total. The standard InChI is InChI=1S/C16H19N3O2/c1-20-14-9-7-13(8-10-14)19-16(17)18-11-12-5-3-4-6-15(12)21-2/h3-10H,11H2,1-2H3,(H3,17,18,19). The molecule has 5 heteroatoms. The van der Waals surface area contributed by atoms with Gasteiger partial charge in [-0.1, -0.05) is 18.2 Å². The van der Waals surface area contributed by atoms with Crippen molar-refractivity contribution < 1.29 is 9.47 Å². The average Bonchev–Trinajstić information content (AvgIpc) is 2.54. The SMILES string of the molecule is COc1ccc(NC(N)=NCc2ccccc2OC)cc1. The molecule has 0 fully saturated rings. The van der Waals surface area contributed by atoms with Crippen LogP contribution in [0.3, 0.4) is 0 Å². The number of rotatable bonds is 5. The Bertz CT molecular complexity index is 609. The topological polar surface area (TPSA) is 68.9 Å². The smallest absolute Gasteiger partial charge is 0.193 e. The maximum atomic E-state index is 5.88. The van der Waals surface area contributed by atoms with Crippen LogP contribution in [0, 0.1) is 0 Å². The first-order valence-electron chi connectivity index (χ1n) is 6.56. The molecule has 5 nitrogen and oxygen atoms in total. The molecular formula is C16H19N3O2. The Kier molecular flexibility index (Phi) is 5.04. The second-order valence-corrected chi connectivity index (χ2v) is 4.37. The molecule has 0 atom stereocenters. The van der Waals surface area contributed by atoms with Crippen molar-refractivity contribution >= 4 is 11.6 Å². The molecule has 110 valence electrons. The van der Waals surface area contributed by atoms with Crippen molar-refractivity contribution in [2.45, 2.75) is 6.54 Å². The highest BCUT2D eigenvalue weighted by Gasteiger charge is 2.01. The van der Waals surface area contributed by atoms with E-state index >= 15 is 0 Å². The van der Waals surface area contributed by atoms with E-state index in [1.807, 2.05) is 48.5 Å². The summed E-state index contributed by atoms with van der Waals surface area (Å²) in [5.41, 5.74) is 7.73. The summed E-state index contributed by atoms with van der Waals surface area (Å²) in [6.07, 6.45) is 0. The molecule has 0 saturated carbocycles. The van der Waals surface area contributed by atoms with Crippen LogP contribution in [0.25, 0.3) is 0 Å². The van der Waals surface area contributed by atoms with Crippen molar-refractivity contribution in [2.75, 3.05) is 19.5 Å². The van der Waals surface area contributed by atoms with Gasteiger partial charge in [0.05, 0.1) is 20.8 Å². The number of nitrogens with one attached hydrogen (secondary N) is 1. The minimum Gasteiger partial charge on any atom is -0.497 e. The summed E-state index contributed by atoms with van der Waals surface area (Å²) in [6, 6.07) is 15.2. The molecule has 0 amide bonds. The molecule has 2 aromatic carbocycles. The van der Waals surface area contributed by atoms with Gasteiger partial charge in [-0.3, -0.25) is 0 Å². The van der Waals surface area contributed by atoms with Crippen LogP contribution in [0.15, 0.2) is 53.5 Å². The van der Waals surface area contributed by atoms with Crippen molar-refractivity contribution in [3.8, 4) is 11.5 Å². The van der Waals surface area contributed by atoms with E-state index in [1.165, 1.54) is 0 Å². The molecule has 0 radical (unpaired) electrons. The summed E-state index contributed by atoms with van der Waals surface area (Å²) in [5, 5.41) is 3.03. The fourth-order valence-corrected chi connectivity index (χ4v) is 1.87. The Hall–Kier alpha value is -2.69. The zero-order valence-corrected chi connectivity index (χ0v) is 12.2. The number of nitrogens with two attached hydrogens (primary N) is 1. The molecule has 0 aliphatic carbocycles. The molecule has 2 aromatic rings. The highest BCUT2D eigenvalue weighted by molar-refractivity contribution is 5.92. The molecule has 0 bridgehead atoms. The molecule has 0 unspecified atom stereocenters. The number of ether oxygens (including phenoxy) is 2. The third-order valence-electron chi connectivity index (χ3n) is 2.97. The van der Waals surface area contributed by atoms with Gasteiger partial charge in [0, 0.05) is 11.3 Å². The van der Waals surface area contributed by atoms with Crippen LogP contribution in [-0.4, -0.2) is 20.2 Å². The van der Waals surface area contributed by atoms with Gasteiger partial charge in [0.25, 0.3) is 0 Å². The average molecular weight is 285 g/mol. The van der Waals surface area contributed by atoms with Crippen molar-refractivity contribution in [1.29, 1.82) is 0 Å². The number of methoxy groups -OCH3 is 2. The summed E-state index contributed by atoms with van der Waals surface area (Å²) in [5.74, 6) is 1.95. The number of anilines is 1. The van der Waals surface area contributed by atoms with E-state index in [4.69, 9.17) is 15.2 Å². The first-order valence-corrected chi connectivity index (χ1v) is 6.56. The van der Waals surface area contributed by atoms with Gasteiger partial charge in [0.1, 0.15) is 11.5 Å². The van der Waals surface area contributed by atoms with E-state index in [2.05, 4.69) is 10.3 Å². The molecular weight excluding hydrogens is 266 g/mol. The number of hydrogen-bond acceptors (Lipinski definition) is 3. The normalized spacial score (nSPS) is 11.0. The van der Waals surface area contributed by atoms with Crippen LogP contribution >= 0.6 is 0 Å². The third kappa shape index (κ3) is 4.14. The van der Waals surface area contributed by atoms with E-state index in [0.29, 0.717) is 12.5 Å². The highest BCUT2D eigenvalue weighted by atomic mass is 16.5. The number of guanidine groups is 1. The minimum absolute atomic E-state index is 0.353. The molecule has 0 spiro atoms. The first kappa shape index (κ1) is 14.7. The third-order valence-corrected chi connectivity index (χ3v) is 2.97. The van der Waals surface area contributed by atoms with Crippen molar-refractivity contribution in [1.82, 2.24) is 0 Å². The maximum absolute atomic E-state index is 5.88. The lowest BCUT2D eigenvalue weighted by atomic mass is 10.2. The summed E-state index contributed by atoms with van der Waals surface area (Å²) in [6.45, 7) is 0.457. The van der Waals surface area contributed by atoms with Crippen molar-refractivity contribution in [3.63, 3.8) is 0 Å². The first-order chi connectivity index (χ1) is 10.2. The van der Waals surface area contributed by atoms with E-state index in [0.717, 1.165) is 22.7 Å². The number of aliphatic imine (C=N–C) groups is 1. The van der Waals surface area contributed by atoms with Gasteiger partial charge < -0.3 is 20.5 Å². The second kappa shape index (κ2) is 7.19. The Morgan fingerprint density at radius 3 is 2.43 bits per heavy atom. The molecule has 21 heavy (non-hydrogen) atoms. The summed E-state index contributed by atoms with van der Waals surface area (Å²) in [4.78, 5) is 4.31. The Balaban J connectivity index is 2.00. The lowest BCUT2D eigenvalue weighted by molar-refractivity contribution is 0.410. The highest BCUT2D eigenvalue weighted by Crippen LogP contribution is 2.18. The lowest BCUT2D eigenvalue weighted by Crippen LogP contribution is -2.22. The number of para-hydroxylation sites is 1. The van der Waals surface area contributed by atoms with E-state index in [-0.39, 0.29) is 0 Å². The maximum Gasteiger partial charge on any atom is 0.193 e. The summed E-state index contributed by atoms with van der Waals surface area (Å²) >= 11 is 0.